The van der Waals surface area contributed by atoms with Crippen LogP contribution in [0.15, 0.2) is 24.3 Å². The van der Waals surface area contributed by atoms with E-state index >= 15 is 0 Å². The van der Waals surface area contributed by atoms with Gasteiger partial charge in [0.2, 0.25) is 5.91 Å². The van der Waals surface area contributed by atoms with Crippen LogP contribution in [0.25, 0.3) is 0 Å². The van der Waals surface area contributed by atoms with E-state index in [0.717, 1.165) is 43.1 Å². The van der Waals surface area contributed by atoms with E-state index in [1.807, 2.05) is 29.2 Å². The van der Waals surface area contributed by atoms with Gasteiger partial charge in [0, 0.05) is 18.8 Å². The van der Waals surface area contributed by atoms with Crippen LogP contribution < -0.4 is 5.73 Å². The minimum Gasteiger partial charge on any atom is -0.399 e. The molecule has 1 aliphatic rings. The molecule has 2 rings (SSSR count). The number of anilines is 1. The van der Waals surface area contributed by atoms with Gasteiger partial charge in [-0.3, -0.25) is 4.79 Å². The lowest BCUT2D eigenvalue weighted by molar-refractivity contribution is -0.131. The molecule has 1 heterocycles. The fourth-order valence-corrected chi connectivity index (χ4v) is 2.51. The molecule has 3 nitrogen and oxygen atoms in total. The molecule has 0 aliphatic carbocycles. The van der Waals surface area contributed by atoms with Crippen LogP contribution >= 0.6 is 0 Å². The van der Waals surface area contributed by atoms with Crippen LogP contribution in [0.2, 0.25) is 0 Å². The third-order valence-corrected chi connectivity index (χ3v) is 3.88. The van der Waals surface area contributed by atoms with E-state index in [0.29, 0.717) is 6.42 Å². The number of piperidine rings is 1. The summed E-state index contributed by atoms with van der Waals surface area (Å²) in [5, 5.41) is 0. The zero-order valence-corrected chi connectivity index (χ0v) is 11.1. The third-order valence-electron chi connectivity index (χ3n) is 3.88. The Morgan fingerprint density at radius 3 is 2.44 bits per heavy atom. The van der Waals surface area contributed by atoms with Crippen molar-refractivity contribution in [1.29, 1.82) is 0 Å². The molecular formula is C15H22N2O. The van der Waals surface area contributed by atoms with Gasteiger partial charge in [-0.2, -0.15) is 0 Å². The van der Waals surface area contributed by atoms with E-state index in [4.69, 9.17) is 5.73 Å². The first-order valence-corrected chi connectivity index (χ1v) is 6.81. The maximum Gasteiger partial charge on any atom is 0.226 e. The minimum atomic E-state index is 0.245. The van der Waals surface area contributed by atoms with Gasteiger partial charge in [-0.15, -0.1) is 0 Å². The van der Waals surface area contributed by atoms with Gasteiger partial charge in [-0.25, -0.2) is 0 Å². The number of nitrogen functional groups attached to an aromatic ring is 1. The lowest BCUT2D eigenvalue weighted by Gasteiger charge is -2.31. The van der Waals surface area contributed by atoms with Crippen molar-refractivity contribution in [3.05, 3.63) is 29.8 Å². The number of rotatable bonds is 3. The van der Waals surface area contributed by atoms with E-state index < -0.39 is 0 Å². The average Bonchev–Trinajstić information content (AvgIpc) is 2.41. The zero-order chi connectivity index (χ0) is 13.0. The summed E-state index contributed by atoms with van der Waals surface area (Å²) in [7, 11) is 0. The predicted molar refractivity (Wildman–Crippen MR) is 74.2 cm³/mol. The summed E-state index contributed by atoms with van der Waals surface area (Å²) in [6.07, 6.45) is 4.05. The number of likely N-dealkylation sites (tertiary alicyclic amines) is 1. The molecule has 0 unspecified atom stereocenters. The monoisotopic (exact) mass is 246 g/mol. The fourth-order valence-electron chi connectivity index (χ4n) is 2.51. The molecule has 0 aromatic heterocycles. The van der Waals surface area contributed by atoms with Crippen molar-refractivity contribution in [3.63, 3.8) is 0 Å². The molecule has 3 heteroatoms. The van der Waals surface area contributed by atoms with Crippen LogP contribution in [0.3, 0.4) is 0 Å². The van der Waals surface area contributed by atoms with Crippen molar-refractivity contribution in [2.24, 2.45) is 5.92 Å². The van der Waals surface area contributed by atoms with Gasteiger partial charge >= 0.3 is 0 Å². The van der Waals surface area contributed by atoms with Crippen LogP contribution in [-0.2, 0) is 11.2 Å². The summed E-state index contributed by atoms with van der Waals surface area (Å²) in [6, 6.07) is 7.58. The Morgan fingerprint density at radius 2 is 1.89 bits per heavy atom. The van der Waals surface area contributed by atoms with Crippen molar-refractivity contribution in [1.82, 2.24) is 4.90 Å². The second-order valence-electron chi connectivity index (χ2n) is 5.15. The van der Waals surface area contributed by atoms with Crippen molar-refractivity contribution in [2.75, 3.05) is 18.8 Å². The Labute approximate surface area is 109 Å². The summed E-state index contributed by atoms with van der Waals surface area (Å²) >= 11 is 0. The summed E-state index contributed by atoms with van der Waals surface area (Å²) in [6.45, 7) is 4.08. The molecule has 0 atom stereocenters. The SMILES string of the molecule is CCC1CCN(C(=O)Cc2ccc(N)cc2)CC1. The molecule has 1 aromatic carbocycles. The smallest absolute Gasteiger partial charge is 0.226 e. The molecule has 98 valence electrons. The summed E-state index contributed by atoms with van der Waals surface area (Å²) < 4.78 is 0. The van der Waals surface area contributed by atoms with E-state index in [2.05, 4.69) is 6.92 Å². The molecule has 1 fully saturated rings. The number of benzene rings is 1. The Balaban J connectivity index is 1.87. The van der Waals surface area contributed by atoms with E-state index in [-0.39, 0.29) is 5.91 Å². The second kappa shape index (κ2) is 5.89. The fraction of sp³-hybridized carbons (Fsp3) is 0.533. The quantitative estimate of drug-likeness (QED) is 0.833. The minimum absolute atomic E-state index is 0.245. The number of hydrogen-bond donors (Lipinski definition) is 1. The summed E-state index contributed by atoms with van der Waals surface area (Å²) in [5.41, 5.74) is 7.43. The zero-order valence-electron chi connectivity index (χ0n) is 11.1. The standard InChI is InChI=1S/C15H22N2O/c1-2-12-7-9-17(10-8-12)15(18)11-13-3-5-14(16)6-4-13/h3-6,12H,2,7-11,16H2,1H3. The van der Waals surface area contributed by atoms with E-state index in [1.54, 1.807) is 0 Å². The maximum atomic E-state index is 12.1. The van der Waals surface area contributed by atoms with Crippen molar-refractivity contribution >= 4 is 11.6 Å². The highest BCUT2D eigenvalue weighted by Gasteiger charge is 2.21. The first kappa shape index (κ1) is 12.9. The van der Waals surface area contributed by atoms with Gasteiger partial charge in [-0.1, -0.05) is 25.5 Å². The largest absolute Gasteiger partial charge is 0.399 e. The number of nitrogens with zero attached hydrogens (tertiary/aromatic N) is 1. The molecule has 0 spiro atoms. The highest BCUT2D eigenvalue weighted by molar-refractivity contribution is 5.79. The number of amides is 1. The topological polar surface area (TPSA) is 46.3 Å². The van der Waals surface area contributed by atoms with E-state index in [1.165, 1.54) is 6.42 Å². The molecule has 0 bridgehead atoms. The summed E-state index contributed by atoms with van der Waals surface area (Å²) in [5.74, 6) is 1.06. The van der Waals surface area contributed by atoms with Crippen molar-refractivity contribution < 1.29 is 4.79 Å². The number of hydrogen-bond acceptors (Lipinski definition) is 2. The maximum absolute atomic E-state index is 12.1. The van der Waals surface area contributed by atoms with Crippen LogP contribution in [-0.4, -0.2) is 23.9 Å². The van der Waals surface area contributed by atoms with Crippen LogP contribution in [0.1, 0.15) is 31.7 Å². The molecule has 1 saturated heterocycles. The second-order valence-corrected chi connectivity index (χ2v) is 5.15. The number of carbonyl (C=O) groups is 1. The molecule has 0 saturated carbocycles. The lowest BCUT2D eigenvalue weighted by Crippen LogP contribution is -2.39. The molecule has 0 radical (unpaired) electrons. The first-order valence-electron chi connectivity index (χ1n) is 6.81. The average molecular weight is 246 g/mol. The van der Waals surface area contributed by atoms with Gasteiger partial charge in [0.25, 0.3) is 0 Å². The van der Waals surface area contributed by atoms with Crippen molar-refractivity contribution in [3.8, 4) is 0 Å². The van der Waals surface area contributed by atoms with Crippen LogP contribution in [0.4, 0.5) is 5.69 Å². The molecule has 1 amide bonds. The van der Waals surface area contributed by atoms with Crippen LogP contribution in [0.5, 0.6) is 0 Å². The normalized spacial score (nSPS) is 16.8. The molecular weight excluding hydrogens is 224 g/mol. The molecule has 1 aliphatic heterocycles. The van der Waals surface area contributed by atoms with Gasteiger partial charge in [0.05, 0.1) is 6.42 Å². The van der Waals surface area contributed by atoms with Gasteiger partial charge in [-0.05, 0) is 36.5 Å². The van der Waals surface area contributed by atoms with E-state index in [9.17, 15) is 4.79 Å². The molecule has 1 aromatic rings. The predicted octanol–water partition coefficient (Wildman–Crippen LogP) is 2.46. The third kappa shape index (κ3) is 3.25. The molecule has 2 N–H and O–H groups in total. The highest BCUT2D eigenvalue weighted by atomic mass is 16.2. The highest BCUT2D eigenvalue weighted by Crippen LogP contribution is 2.20. The lowest BCUT2D eigenvalue weighted by atomic mass is 9.94. The van der Waals surface area contributed by atoms with Crippen LogP contribution in [0, 0.1) is 5.92 Å². The van der Waals surface area contributed by atoms with Gasteiger partial charge in [0.1, 0.15) is 0 Å². The molecule has 18 heavy (non-hydrogen) atoms. The Kier molecular flexibility index (Phi) is 4.24. The Hall–Kier alpha value is -1.51. The summed E-state index contributed by atoms with van der Waals surface area (Å²) in [4.78, 5) is 14.1. The van der Waals surface area contributed by atoms with Crippen molar-refractivity contribution in [2.45, 2.75) is 32.6 Å². The number of carbonyl (C=O) groups excluding carboxylic acids is 1. The van der Waals surface area contributed by atoms with Gasteiger partial charge < -0.3 is 10.6 Å². The Bertz CT molecular complexity index is 391. The number of nitrogens with two attached hydrogens (primary N) is 1. The van der Waals surface area contributed by atoms with Gasteiger partial charge in [0.15, 0.2) is 0 Å². The Morgan fingerprint density at radius 1 is 1.28 bits per heavy atom. The first-order chi connectivity index (χ1) is 8.69.